The minimum Gasteiger partial charge on any atom is -0.491 e. The van der Waals surface area contributed by atoms with Crippen LogP contribution in [-0.4, -0.2) is 22.3 Å². The van der Waals surface area contributed by atoms with E-state index in [4.69, 9.17) is 13.8 Å². The molecule has 3 aromatic rings. The van der Waals surface area contributed by atoms with Gasteiger partial charge in [0, 0.05) is 5.56 Å². The number of aromatic nitrogens is 2. The van der Waals surface area contributed by atoms with E-state index in [2.05, 4.69) is 15.6 Å². The second kappa shape index (κ2) is 6.35. The molecule has 0 unspecified atom stereocenters. The molecule has 0 bridgehead atoms. The molecule has 7 nitrogen and oxygen atoms in total. The van der Waals surface area contributed by atoms with E-state index in [0.717, 1.165) is 11.3 Å². The number of rotatable bonds is 5. The molecule has 0 spiro atoms. The van der Waals surface area contributed by atoms with Gasteiger partial charge in [0.25, 0.3) is 5.91 Å². The summed E-state index contributed by atoms with van der Waals surface area (Å²) in [5.74, 6) is 0.733. The highest BCUT2D eigenvalue weighted by Gasteiger charge is 2.17. The first-order chi connectivity index (χ1) is 11.1. The van der Waals surface area contributed by atoms with E-state index >= 15 is 0 Å². The maximum atomic E-state index is 12.0. The van der Waals surface area contributed by atoms with Crippen LogP contribution in [0.25, 0.3) is 11.3 Å². The maximum Gasteiger partial charge on any atom is 0.292 e. The van der Waals surface area contributed by atoms with Gasteiger partial charge >= 0.3 is 0 Å². The van der Waals surface area contributed by atoms with Gasteiger partial charge in [-0.3, -0.25) is 10.1 Å². The number of benzene rings is 1. The molecule has 3 rings (SSSR count). The van der Waals surface area contributed by atoms with Gasteiger partial charge in [0.2, 0.25) is 5.82 Å². The fraction of sp³-hybridized carbons (Fsp3) is 0.188. The Balaban J connectivity index is 1.79. The first kappa shape index (κ1) is 14.8. The van der Waals surface area contributed by atoms with Crippen molar-refractivity contribution in [1.29, 1.82) is 0 Å². The van der Waals surface area contributed by atoms with E-state index in [1.807, 2.05) is 38.1 Å². The number of nitrogens with zero attached hydrogens (tertiary/aromatic N) is 2. The van der Waals surface area contributed by atoms with Gasteiger partial charge in [-0.15, -0.1) is 0 Å². The number of hydrogen-bond acceptors (Lipinski definition) is 6. The maximum absolute atomic E-state index is 12.0. The number of anilines is 1. The Morgan fingerprint density at radius 2 is 1.96 bits per heavy atom. The molecule has 118 valence electrons. The molecule has 2 aromatic heterocycles. The zero-order chi connectivity index (χ0) is 16.2. The predicted molar refractivity (Wildman–Crippen MR) is 82.2 cm³/mol. The third kappa shape index (κ3) is 3.39. The summed E-state index contributed by atoms with van der Waals surface area (Å²) in [6.45, 7) is 3.91. The molecule has 0 aliphatic carbocycles. The van der Waals surface area contributed by atoms with Crippen LogP contribution in [0.15, 0.2) is 51.7 Å². The van der Waals surface area contributed by atoms with Crippen LogP contribution in [-0.2, 0) is 0 Å². The monoisotopic (exact) mass is 313 g/mol. The van der Waals surface area contributed by atoms with Crippen molar-refractivity contribution >= 4 is 11.7 Å². The Morgan fingerprint density at radius 1 is 1.17 bits per heavy atom. The van der Waals surface area contributed by atoms with Gasteiger partial charge in [-0.25, -0.2) is 4.63 Å². The summed E-state index contributed by atoms with van der Waals surface area (Å²) in [6.07, 6.45) is 1.52. The topological polar surface area (TPSA) is 90.4 Å². The minimum absolute atomic E-state index is 0.0951. The van der Waals surface area contributed by atoms with Crippen molar-refractivity contribution in [1.82, 2.24) is 10.3 Å². The number of furan rings is 1. The molecule has 1 amide bonds. The standard InChI is InChI=1S/C16H15N3O4/c1-10(2)22-12-7-5-11(6-8-12)14-15(19-23-18-14)17-16(20)13-4-3-9-21-13/h3-10H,1-2H3,(H,17,19,20). The lowest BCUT2D eigenvalue weighted by Gasteiger charge is -2.09. The number of ether oxygens (including phenoxy) is 1. The lowest BCUT2D eigenvalue weighted by Crippen LogP contribution is -2.11. The fourth-order valence-corrected chi connectivity index (χ4v) is 2.00. The number of hydrogen-bond donors (Lipinski definition) is 1. The number of carbonyl (C=O) groups is 1. The lowest BCUT2D eigenvalue weighted by molar-refractivity contribution is 0.0995. The van der Waals surface area contributed by atoms with Crippen LogP contribution in [0.2, 0.25) is 0 Å². The molecule has 0 saturated heterocycles. The number of amides is 1. The highest BCUT2D eigenvalue weighted by Crippen LogP contribution is 2.27. The smallest absolute Gasteiger partial charge is 0.292 e. The minimum atomic E-state index is -0.424. The summed E-state index contributed by atoms with van der Waals surface area (Å²) in [5.41, 5.74) is 1.18. The summed E-state index contributed by atoms with van der Waals surface area (Å²) < 4.78 is 15.4. The zero-order valence-corrected chi connectivity index (χ0v) is 12.6. The molecule has 0 aliphatic rings. The molecule has 7 heteroatoms. The summed E-state index contributed by atoms with van der Waals surface area (Å²) in [5, 5.41) is 10.2. The van der Waals surface area contributed by atoms with Crippen LogP contribution in [0.3, 0.4) is 0 Å². The van der Waals surface area contributed by atoms with Gasteiger partial charge < -0.3 is 9.15 Å². The van der Waals surface area contributed by atoms with Crippen LogP contribution in [0.4, 0.5) is 5.82 Å². The molecule has 0 fully saturated rings. The van der Waals surface area contributed by atoms with Crippen molar-refractivity contribution in [3.63, 3.8) is 0 Å². The van der Waals surface area contributed by atoms with Gasteiger partial charge in [0.05, 0.1) is 12.4 Å². The van der Waals surface area contributed by atoms with E-state index < -0.39 is 5.91 Å². The normalized spacial score (nSPS) is 10.7. The molecular weight excluding hydrogens is 298 g/mol. The van der Waals surface area contributed by atoms with Crippen molar-refractivity contribution in [2.45, 2.75) is 20.0 Å². The zero-order valence-electron chi connectivity index (χ0n) is 12.6. The Morgan fingerprint density at radius 3 is 2.61 bits per heavy atom. The SMILES string of the molecule is CC(C)Oc1ccc(-c2nonc2NC(=O)c2ccco2)cc1. The molecule has 23 heavy (non-hydrogen) atoms. The largest absolute Gasteiger partial charge is 0.491 e. The lowest BCUT2D eigenvalue weighted by atomic mass is 10.1. The molecule has 0 aliphatic heterocycles. The highest BCUT2D eigenvalue weighted by molar-refractivity contribution is 6.03. The Labute approximate surface area is 132 Å². The third-order valence-corrected chi connectivity index (χ3v) is 2.96. The summed E-state index contributed by atoms with van der Waals surface area (Å²) in [7, 11) is 0. The molecule has 2 heterocycles. The Bertz CT molecular complexity index is 776. The van der Waals surface area contributed by atoms with Gasteiger partial charge in [-0.1, -0.05) is 0 Å². The van der Waals surface area contributed by atoms with E-state index in [0.29, 0.717) is 5.69 Å². The van der Waals surface area contributed by atoms with Crippen molar-refractivity contribution in [2.75, 3.05) is 5.32 Å². The Hall–Kier alpha value is -3.09. The quantitative estimate of drug-likeness (QED) is 0.776. The van der Waals surface area contributed by atoms with E-state index in [1.165, 1.54) is 6.26 Å². The summed E-state index contributed by atoms with van der Waals surface area (Å²) >= 11 is 0. The van der Waals surface area contributed by atoms with E-state index in [1.54, 1.807) is 12.1 Å². The number of carbonyl (C=O) groups excluding carboxylic acids is 1. The average molecular weight is 313 g/mol. The molecule has 1 N–H and O–H groups in total. The van der Waals surface area contributed by atoms with Gasteiger partial charge in [0.1, 0.15) is 5.75 Å². The van der Waals surface area contributed by atoms with Crippen LogP contribution >= 0.6 is 0 Å². The van der Waals surface area contributed by atoms with Gasteiger partial charge in [0.15, 0.2) is 11.5 Å². The molecule has 0 atom stereocenters. The molecule has 0 saturated carbocycles. The second-order valence-electron chi connectivity index (χ2n) is 5.08. The third-order valence-electron chi connectivity index (χ3n) is 2.96. The summed E-state index contributed by atoms with van der Waals surface area (Å²) in [6, 6.07) is 10.5. The first-order valence-electron chi connectivity index (χ1n) is 7.08. The van der Waals surface area contributed by atoms with Crippen LogP contribution in [0.1, 0.15) is 24.4 Å². The first-order valence-corrected chi connectivity index (χ1v) is 7.08. The van der Waals surface area contributed by atoms with E-state index in [9.17, 15) is 4.79 Å². The van der Waals surface area contributed by atoms with Crippen molar-refractivity contribution in [2.24, 2.45) is 0 Å². The Kier molecular flexibility index (Phi) is 4.09. The fourth-order valence-electron chi connectivity index (χ4n) is 2.00. The van der Waals surface area contributed by atoms with Gasteiger partial charge in [-0.2, -0.15) is 0 Å². The second-order valence-corrected chi connectivity index (χ2v) is 5.08. The van der Waals surface area contributed by atoms with Crippen molar-refractivity contribution in [3.8, 4) is 17.0 Å². The molecule has 1 aromatic carbocycles. The average Bonchev–Trinajstić information content (AvgIpc) is 3.18. The van der Waals surface area contributed by atoms with Crippen LogP contribution < -0.4 is 10.1 Å². The molecule has 0 radical (unpaired) electrons. The predicted octanol–water partition coefficient (Wildman–Crippen LogP) is 3.37. The highest BCUT2D eigenvalue weighted by atomic mass is 16.6. The van der Waals surface area contributed by atoms with E-state index in [-0.39, 0.29) is 17.7 Å². The van der Waals surface area contributed by atoms with Crippen molar-refractivity contribution < 1.29 is 18.6 Å². The molecular formula is C16H15N3O4. The van der Waals surface area contributed by atoms with Gasteiger partial charge in [-0.05, 0) is 60.6 Å². The van der Waals surface area contributed by atoms with Crippen LogP contribution in [0.5, 0.6) is 5.75 Å². The summed E-state index contributed by atoms with van der Waals surface area (Å²) in [4.78, 5) is 12.0. The number of nitrogens with one attached hydrogen (secondary N) is 1. The van der Waals surface area contributed by atoms with Crippen LogP contribution in [0, 0.1) is 0 Å². The van der Waals surface area contributed by atoms with Crippen molar-refractivity contribution in [3.05, 3.63) is 48.4 Å².